The van der Waals surface area contributed by atoms with E-state index < -0.39 is 27.8 Å². The van der Waals surface area contributed by atoms with Crippen molar-refractivity contribution in [2.75, 3.05) is 13.7 Å². The molecule has 224 valence electrons. The van der Waals surface area contributed by atoms with Crippen molar-refractivity contribution in [1.82, 2.24) is 14.3 Å². The Morgan fingerprint density at radius 2 is 1.85 bits per heavy atom. The fourth-order valence-corrected chi connectivity index (χ4v) is 6.92. The number of nitrogens with two attached hydrogens (primary N) is 1. The van der Waals surface area contributed by atoms with Crippen LogP contribution in [0.4, 0.5) is 4.79 Å². The molecule has 1 aliphatic heterocycles. The van der Waals surface area contributed by atoms with Crippen molar-refractivity contribution in [3.63, 3.8) is 0 Å². The molecule has 4 N–H and O–H groups in total. The predicted molar refractivity (Wildman–Crippen MR) is 159 cm³/mol. The van der Waals surface area contributed by atoms with Gasteiger partial charge in [-0.3, -0.25) is 14.1 Å². The Bertz CT molecular complexity index is 1410. The highest BCUT2D eigenvalue weighted by Crippen LogP contribution is 2.36. The van der Waals surface area contributed by atoms with Crippen LogP contribution in [0, 0.1) is 20.8 Å². The number of fused-ring (bicyclic) bond motifs is 1. The maximum Gasteiger partial charge on any atom is 0.408 e. The molecule has 0 radical (unpaired) electrons. The second kappa shape index (κ2) is 13.0. The molecule has 2 aromatic rings. The molecular formula is C28H39N5O6S2. The molecule has 0 aromatic heterocycles. The van der Waals surface area contributed by atoms with Gasteiger partial charge in [-0.1, -0.05) is 18.2 Å². The van der Waals surface area contributed by atoms with E-state index in [0.29, 0.717) is 35.4 Å². The van der Waals surface area contributed by atoms with E-state index >= 15 is 0 Å². The van der Waals surface area contributed by atoms with Gasteiger partial charge in [0.15, 0.2) is 0 Å². The minimum atomic E-state index is -4.00. The van der Waals surface area contributed by atoms with Crippen molar-refractivity contribution < 1.29 is 27.5 Å². The minimum Gasteiger partial charge on any atom is -0.496 e. The van der Waals surface area contributed by atoms with E-state index in [9.17, 15) is 18.0 Å². The van der Waals surface area contributed by atoms with Crippen LogP contribution in [0.25, 0.3) is 0 Å². The first-order valence-corrected chi connectivity index (χ1v) is 15.4. The summed E-state index contributed by atoms with van der Waals surface area (Å²) in [4.78, 5) is 31.2. The summed E-state index contributed by atoms with van der Waals surface area (Å²) >= 11 is 1.33. The van der Waals surface area contributed by atoms with Crippen LogP contribution in [-0.4, -0.2) is 56.0 Å². The second-order valence-corrected chi connectivity index (χ2v) is 13.4. The number of nitrogens with one attached hydrogen (secondary N) is 2. The Labute approximate surface area is 246 Å². The van der Waals surface area contributed by atoms with Crippen LogP contribution in [0.2, 0.25) is 0 Å². The first-order chi connectivity index (χ1) is 19.1. The number of hydrogen-bond acceptors (Lipinski definition) is 8. The summed E-state index contributed by atoms with van der Waals surface area (Å²) in [5, 5.41) is 2.68. The lowest BCUT2D eigenvalue weighted by molar-refractivity contribution is -0.128. The fraction of sp³-hybridized carbons (Fsp3) is 0.464. The van der Waals surface area contributed by atoms with Gasteiger partial charge in [-0.2, -0.15) is 0 Å². The van der Waals surface area contributed by atoms with Gasteiger partial charge in [-0.15, -0.1) is 0 Å². The molecule has 0 saturated heterocycles. The number of ether oxygens (including phenoxy) is 2. The smallest absolute Gasteiger partial charge is 0.408 e. The van der Waals surface area contributed by atoms with Gasteiger partial charge in [-0.05, 0) is 101 Å². The van der Waals surface area contributed by atoms with Crippen molar-refractivity contribution in [3.05, 3.63) is 52.6 Å². The molecule has 2 aromatic carbocycles. The van der Waals surface area contributed by atoms with Gasteiger partial charge in [0.05, 0.1) is 18.6 Å². The third kappa shape index (κ3) is 8.29. The normalized spacial score (nSPS) is 14.3. The number of nitrogens with zero attached hydrogens (tertiary/aromatic N) is 2. The Morgan fingerprint density at radius 1 is 1.17 bits per heavy atom. The lowest BCUT2D eigenvalue weighted by Crippen LogP contribution is -2.47. The van der Waals surface area contributed by atoms with Crippen LogP contribution >= 0.6 is 11.9 Å². The van der Waals surface area contributed by atoms with Crippen LogP contribution in [0.3, 0.4) is 0 Å². The Hall–Kier alpha value is -3.45. The minimum absolute atomic E-state index is 0.116. The van der Waals surface area contributed by atoms with Gasteiger partial charge in [0.25, 0.3) is 15.9 Å². The van der Waals surface area contributed by atoms with E-state index in [-0.39, 0.29) is 29.7 Å². The third-order valence-electron chi connectivity index (χ3n) is 6.37. The number of carbonyl (C=O) groups excluding carboxylic acids is 2. The molecule has 1 heterocycles. The van der Waals surface area contributed by atoms with Gasteiger partial charge in [-0.25, -0.2) is 17.9 Å². The number of benzene rings is 2. The number of amides is 2. The molecule has 3 rings (SSSR count). The van der Waals surface area contributed by atoms with Crippen LogP contribution in [0.1, 0.15) is 55.9 Å². The van der Waals surface area contributed by atoms with E-state index in [0.717, 1.165) is 10.5 Å². The summed E-state index contributed by atoms with van der Waals surface area (Å²) in [7, 11) is -2.47. The van der Waals surface area contributed by atoms with Gasteiger partial charge >= 0.3 is 6.09 Å². The first-order valence-electron chi connectivity index (χ1n) is 13.2. The number of methoxy groups -OCH3 is 1. The molecule has 0 saturated carbocycles. The summed E-state index contributed by atoms with van der Waals surface area (Å²) in [5.74, 6) is 0.0576. The summed E-state index contributed by atoms with van der Waals surface area (Å²) in [5.41, 5.74) is 8.01. The van der Waals surface area contributed by atoms with E-state index in [4.69, 9.17) is 15.2 Å². The zero-order valence-electron chi connectivity index (χ0n) is 24.5. The Kier molecular flexibility index (Phi) is 10.2. The number of guanidine groups is 1. The number of alkyl carbamates (subject to hydrolysis) is 1. The Balaban J connectivity index is 1.67. The predicted octanol–water partition coefficient (Wildman–Crippen LogP) is 3.94. The van der Waals surface area contributed by atoms with Gasteiger partial charge in [0, 0.05) is 11.4 Å². The summed E-state index contributed by atoms with van der Waals surface area (Å²) in [6.07, 6.45) is -0.112. The van der Waals surface area contributed by atoms with Crippen molar-refractivity contribution in [3.8, 4) is 5.75 Å². The number of aryl methyl sites for hydroxylation is 1. The standard InChI is InChI=1S/C28H39N5O6S2/c1-17-15-22(38-7)18(2)19(3)24(17)41(36,37)32-26(29)30-14-10-12-21(31-27(35)39-28(4,5)6)25(34)33-16-20-11-8-9-13-23(20)40-33/h8-9,11,13,15,21H,10,12,14,16H2,1-7H3,(H,31,35)(H3,29,30,32)/t21-/m1/s1. The van der Waals surface area contributed by atoms with Gasteiger partial charge in [0.1, 0.15) is 17.4 Å². The van der Waals surface area contributed by atoms with Gasteiger partial charge in [0.2, 0.25) is 5.96 Å². The van der Waals surface area contributed by atoms with Crippen molar-refractivity contribution >= 4 is 39.9 Å². The third-order valence-corrected chi connectivity index (χ3v) is 9.14. The number of aliphatic imine (C=N–C) groups is 1. The van der Waals surface area contributed by atoms with E-state index in [1.54, 1.807) is 51.9 Å². The average molecular weight is 606 g/mol. The highest BCUT2D eigenvalue weighted by atomic mass is 32.2. The molecule has 0 fully saturated rings. The summed E-state index contributed by atoms with van der Waals surface area (Å²) in [6.45, 7) is 10.9. The largest absolute Gasteiger partial charge is 0.496 e. The SMILES string of the molecule is COc1cc(C)c(S(=O)(=O)NC(N)=NCCC[C@@H](NC(=O)OC(C)(C)C)C(=O)N2Cc3ccccc3S2)c(C)c1C. The quantitative estimate of drug-likeness (QED) is 0.168. The molecule has 0 aliphatic carbocycles. The van der Waals surface area contributed by atoms with Crippen LogP contribution < -0.4 is 20.5 Å². The molecule has 2 amide bonds. The maximum atomic E-state index is 13.4. The fourth-order valence-electron chi connectivity index (χ4n) is 4.40. The monoisotopic (exact) mass is 605 g/mol. The lowest BCUT2D eigenvalue weighted by Gasteiger charge is -2.25. The molecule has 0 unspecified atom stereocenters. The van der Waals surface area contributed by atoms with E-state index in [1.165, 1.54) is 19.1 Å². The van der Waals surface area contributed by atoms with Crippen molar-refractivity contribution in [2.24, 2.45) is 10.7 Å². The van der Waals surface area contributed by atoms with E-state index in [1.807, 2.05) is 24.3 Å². The summed E-state index contributed by atoms with van der Waals surface area (Å²) < 4.78 is 40.9. The number of hydrogen-bond donors (Lipinski definition) is 3. The molecule has 0 spiro atoms. The van der Waals surface area contributed by atoms with Gasteiger partial charge < -0.3 is 20.5 Å². The second-order valence-electron chi connectivity index (χ2n) is 10.8. The number of sulfonamides is 1. The molecule has 1 aliphatic rings. The van der Waals surface area contributed by atoms with Crippen LogP contribution in [0.5, 0.6) is 5.75 Å². The van der Waals surface area contributed by atoms with E-state index in [2.05, 4.69) is 15.0 Å². The molecule has 11 nitrogen and oxygen atoms in total. The van der Waals surface area contributed by atoms with Crippen molar-refractivity contribution in [1.29, 1.82) is 0 Å². The topological polar surface area (TPSA) is 152 Å². The molecular weight excluding hydrogens is 566 g/mol. The molecule has 41 heavy (non-hydrogen) atoms. The molecule has 1 atom stereocenters. The zero-order chi connectivity index (χ0) is 30.5. The maximum absolute atomic E-state index is 13.4. The zero-order valence-corrected chi connectivity index (χ0v) is 26.2. The number of rotatable bonds is 9. The molecule has 0 bridgehead atoms. The summed E-state index contributed by atoms with van der Waals surface area (Å²) in [6, 6.07) is 8.52. The van der Waals surface area contributed by atoms with Crippen LogP contribution in [0.15, 0.2) is 45.1 Å². The first kappa shape index (κ1) is 32.1. The number of carbonyl (C=O) groups is 2. The van der Waals surface area contributed by atoms with Crippen LogP contribution in [-0.2, 0) is 26.1 Å². The lowest BCUT2D eigenvalue weighted by atomic mass is 10.1. The highest BCUT2D eigenvalue weighted by Gasteiger charge is 2.32. The van der Waals surface area contributed by atoms with Crippen molar-refractivity contribution in [2.45, 2.75) is 82.4 Å². The Morgan fingerprint density at radius 3 is 2.49 bits per heavy atom. The average Bonchev–Trinajstić information content (AvgIpc) is 3.30. The highest BCUT2D eigenvalue weighted by molar-refractivity contribution is 7.97. The molecule has 13 heteroatoms.